The lowest BCUT2D eigenvalue weighted by Gasteiger charge is -2.32. The minimum atomic E-state index is -0.0756. The van der Waals surface area contributed by atoms with Crippen LogP contribution in [-0.4, -0.2) is 36.7 Å². The number of nitrogens with zero attached hydrogens (tertiary/aromatic N) is 1. The maximum absolute atomic E-state index is 12.4. The molecule has 1 aromatic heterocycles. The molecule has 2 aliphatic heterocycles. The molecular weight excluding hydrogens is 324 g/mol. The van der Waals surface area contributed by atoms with Gasteiger partial charge in [-0.15, -0.1) is 11.3 Å². The third-order valence-electron chi connectivity index (χ3n) is 4.65. The highest BCUT2D eigenvalue weighted by molar-refractivity contribution is 7.10. The molecule has 1 aromatic carbocycles. The largest absolute Gasteiger partial charge is 0.454 e. The zero-order valence-corrected chi connectivity index (χ0v) is 14.4. The Bertz CT molecular complexity index is 758. The predicted molar refractivity (Wildman–Crippen MR) is 92.8 cm³/mol. The zero-order chi connectivity index (χ0) is 16.5. The van der Waals surface area contributed by atoms with Crippen LogP contribution in [0.2, 0.25) is 0 Å². The molecule has 4 rings (SSSR count). The van der Waals surface area contributed by atoms with Crippen LogP contribution in [0, 0.1) is 0 Å². The molecular formula is C18H20N2O3S. The number of amides is 1. The van der Waals surface area contributed by atoms with Gasteiger partial charge in [0.15, 0.2) is 11.5 Å². The topological polar surface area (TPSA) is 50.8 Å². The summed E-state index contributed by atoms with van der Waals surface area (Å²) in [6.45, 7) is 5.04. The molecule has 5 nitrogen and oxygen atoms in total. The van der Waals surface area contributed by atoms with E-state index in [9.17, 15) is 4.79 Å². The van der Waals surface area contributed by atoms with Crippen LogP contribution in [0.15, 0.2) is 29.6 Å². The molecule has 1 atom stereocenters. The highest BCUT2D eigenvalue weighted by Crippen LogP contribution is 2.32. The van der Waals surface area contributed by atoms with Crippen LogP contribution in [0.1, 0.15) is 27.7 Å². The number of carbonyl (C=O) groups is 1. The molecule has 1 N–H and O–H groups in total. The molecule has 2 aliphatic rings. The number of benzene rings is 1. The SMILES string of the molecule is C[C@H](CNC(=O)c1ccc2c(c1)OCO2)N1CCc2sccc2C1. The van der Waals surface area contributed by atoms with Crippen molar-refractivity contribution >= 4 is 17.2 Å². The molecule has 24 heavy (non-hydrogen) atoms. The Hall–Kier alpha value is -2.05. The van der Waals surface area contributed by atoms with Crippen LogP contribution < -0.4 is 14.8 Å². The predicted octanol–water partition coefficient (Wildman–Crippen LogP) is 2.65. The molecule has 0 bridgehead atoms. The first-order chi connectivity index (χ1) is 11.7. The maximum Gasteiger partial charge on any atom is 0.251 e. The zero-order valence-electron chi connectivity index (χ0n) is 13.6. The van der Waals surface area contributed by atoms with E-state index in [-0.39, 0.29) is 12.7 Å². The third kappa shape index (κ3) is 2.99. The van der Waals surface area contributed by atoms with Crippen LogP contribution in [-0.2, 0) is 13.0 Å². The molecule has 6 heteroatoms. The van der Waals surface area contributed by atoms with Crippen molar-refractivity contribution in [3.8, 4) is 11.5 Å². The summed E-state index contributed by atoms with van der Waals surface area (Å²) in [5.74, 6) is 1.25. The van der Waals surface area contributed by atoms with Gasteiger partial charge in [-0.25, -0.2) is 0 Å². The lowest BCUT2D eigenvalue weighted by Crippen LogP contribution is -2.44. The highest BCUT2D eigenvalue weighted by atomic mass is 32.1. The Kier molecular flexibility index (Phi) is 4.16. The van der Waals surface area contributed by atoms with Crippen LogP contribution in [0.3, 0.4) is 0 Å². The van der Waals surface area contributed by atoms with E-state index in [2.05, 4.69) is 28.6 Å². The summed E-state index contributed by atoms with van der Waals surface area (Å²) in [7, 11) is 0. The van der Waals surface area contributed by atoms with Crippen molar-refractivity contribution in [1.29, 1.82) is 0 Å². The average Bonchev–Trinajstić information content (AvgIpc) is 3.26. The van der Waals surface area contributed by atoms with Gasteiger partial charge in [0.25, 0.3) is 5.91 Å². The second kappa shape index (κ2) is 6.45. The van der Waals surface area contributed by atoms with Crippen LogP contribution >= 0.6 is 11.3 Å². The third-order valence-corrected chi connectivity index (χ3v) is 5.68. The van der Waals surface area contributed by atoms with Gasteiger partial charge in [0.2, 0.25) is 6.79 Å². The van der Waals surface area contributed by atoms with E-state index < -0.39 is 0 Å². The number of hydrogen-bond acceptors (Lipinski definition) is 5. The number of thiophene rings is 1. The summed E-state index contributed by atoms with van der Waals surface area (Å²) < 4.78 is 10.6. The summed E-state index contributed by atoms with van der Waals surface area (Å²) in [4.78, 5) is 16.3. The van der Waals surface area contributed by atoms with E-state index >= 15 is 0 Å². The standard InChI is InChI=1S/C18H20N2O3S/c1-12(20-6-4-17-14(10-20)5-7-24-17)9-19-18(21)13-2-3-15-16(8-13)23-11-22-15/h2-3,5,7-8,12H,4,6,9-11H2,1H3,(H,19,21)/t12-/m1/s1. The first kappa shape index (κ1) is 15.5. The molecule has 1 amide bonds. The monoisotopic (exact) mass is 344 g/mol. The van der Waals surface area contributed by atoms with Gasteiger partial charge in [0.05, 0.1) is 0 Å². The van der Waals surface area contributed by atoms with Crippen LogP contribution in [0.5, 0.6) is 11.5 Å². The Morgan fingerprint density at radius 3 is 3.12 bits per heavy atom. The van der Waals surface area contributed by atoms with E-state index in [4.69, 9.17) is 9.47 Å². The number of nitrogens with one attached hydrogen (secondary N) is 1. The van der Waals surface area contributed by atoms with E-state index in [1.54, 1.807) is 18.2 Å². The number of rotatable bonds is 4. The minimum absolute atomic E-state index is 0.0756. The van der Waals surface area contributed by atoms with Crippen molar-refractivity contribution in [2.75, 3.05) is 19.9 Å². The van der Waals surface area contributed by atoms with Crippen molar-refractivity contribution in [3.05, 3.63) is 45.6 Å². The second-order valence-electron chi connectivity index (χ2n) is 6.22. The van der Waals surface area contributed by atoms with Crippen LogP contribution in [0.4, 0.5) is 0 Å². The molecule has 0 spiro atoms. The van der Waals surface area contributed by atoms with Gasteiger partial charge in [-0.05, 0) is 48.6 Å². The number of ether oxygens (including phenoxy) is 2. The second-order valence-corrected chi connectivity index (χ2v) is 7.22. The van der Waals surface area contributed by atoms with Gasteiger partial charge < -0.3 is 14.8 Å². The Labute approximate surface area is 145 Å². The summed E-state index contributed by atoms with van der Waals surface area (Å²) in [6.07, 6.45) is 1.10. The van der Waals surface area contributed by atoms with E-state index in [1.165, 1.54) is 10.4 Å². The quantitative estimate of drug-likeness (QED) is 0.926. The molecule has 3 heterocycles. The fourth-order valence-corrected chi connectivity index (χ4v) is 4.05. The van der Waals surface area contributed by atoms with Gasteiger partial charge in [-0.2, -0.15) is 0 Å². The maximum atomic E-state index is 12.4. The molecule has 126 valence electrons. The normalized spacial score (nSPS) is 17.4. The van der Waals surface area contributed by atoms with Crippen LogP contribution in [0.25, 0.3) is 0 Å². The van der Waals surface area contributed by atoms with Gasteiger partial charge in [0, 0.05) is 36.1 Å². The van der Waals surface area contributed by atoms with Gasteiger partial charge >= 0.3 is 0 Å². The molecule has 0 saturated carbocycles. The van der Waals surface area contributed by atoms with Gasteiger partial charge in [-0.1, -0.05) is 0 Å². The molecule has 0 unspecified atom stereocenters. The van der Waals surface area contributed by atoms with Crippen molar-refractivity contribution in [1.82, 2.24) is 10.2 Å². The minimum Gasteiger partial charge on any atom is -0.454 e. The number of hydrogen-bond donors (Lipinski definition) is 1. The van der Waals surface area contributed by atoms with Crippen molar-refractivity contribution in [2.24, 2.45) is 0 Å². The van der Waals surface area contributed by atoms with Crippen molar-refractivity contribution < 1.29 is 14.3 Å². The Balaban J connectivity index is 1.34. The first-order valence-corrected chi connectivity index (χ1v) is 9.06. The van der Waals surface area contributed by atoms with E-state index in [0.29, 0.717) is 29.6 Å². The average molecular weight is 344 g/mol. The highest BCUT2D eigenvalue weighted by Gasteiger charge is 2.22. The van der Waals surface area contributed by atoms with E-state index in [0.717, 1.165) is 19.5 Å². The Morgan fingerprint density at radius 2 is 2.21 bits per heavy atom. The lowest BCUT2D eigenvalue weighted by molar-refractivity contribution is 0.0932. The molecule has 0 saturated heterocycles. The number of fused-ring (bicyclic) bond motifs is 2. The first-order valence-electron chi connectivity index (χ1n) is 8.18. The van der Waals surface area contributed by atoms with E-state index in [1.807, 2.05) is 11.3 Å². The molecule has 0 radical (unpaired) electrons. The summed E-state index contributed by atoms with van der Waals surface area (Å²) in [6, 6.07) is 7.80. The fourth-order valence-electron chi connectivity index (χ4n) is 3.16. The lowest BCUT2D eigenvalue weighted by atomic mass is 10.1. The Morgan fingerprint density at radius 1 is 1.33 bits per heavy atom. The molecule has 0 aliphatic carbocycles. The fraction of sp³-hybridized carbons (Fsp3) is 0.389. The summed E-state index contributed by atoms with van der Waals surface area (Å²) in [5.41, 5.74) is 2.03. The summed E-state index contributed by atoms with van der Waals surface area (Å²) >= 11 is 1.85. The molecule has 0 fully saturated rings. The van der Waals surface area contributed by atoms with Crippen molar-refractivity contribution in [2.45, 2.75) is 25.9 Å². The molecule has 2 aromatic rings. The summed E-state index contributed by atoms with van der Waals surface area (Å²) in [5, 5.41) is 5.20. The van der Waals surface area contributed by atoms with Gasteiger partial charge in [-0.3, -0.25) is 9.69 Å². The smallest absolute Gasteiger partial charge is 0.251 e. The number of carbonyl (C=O) groups excluding carboxylic acids is 1. The van der Waals surface area contributed by atoms with Gasteiger partial charge in [0.1, 0.15) is 0 Å². The van der Waals surface area contributed by atoms with Crippen molar-refractivity contribution in [3.63, 3.8) is 0 Å².